The first-order valence-electron chi connectivity index (χ1n) is 10.3. The van der Waals surface area contributed by atoms with Crippen LogP contribution in [-0.4, -0.2) is 32.4 Å². The molecule has 0 aliphatic carbocycles. The summed E-state index contributed by atoms with van der Waals surface area (Å²) in [6.07, 6.45) is 1.74. The van der Waals surface area contributed by atoms with Crippen LogP contribution in [-0.2, 0) is 24.3 Å². The Kier molecular flexibility index (Phi) is 5.27. The molecule has 0 atom stereocenters. The van der Waals surface area contributed by atoms with Crippen LogP contribution in [0.3, 0.4) is 0 Å². The highest BCUT2D eigenvalue weighted by Gasteiger charge is 2.21. The van der Waals surface area contributed by atoms with E-state index in [0.29, 0.717) is 17.9 Å². The fraction of sp³-hybridized carbons (Fsp3) is 0.125. The van der Waals surface area contributed by atoms with Gasteiger partial charge in [0.05, 0.1) is 12.6 Å². The van der Waals surface area contributed by atoms with Crippen LogP contribution in [0, 0.1) is 0 Å². The molecule has 2 aromatic carbocycles. The molecule has 0 radical (unpaired) electrons. The molecule has 4 aromatic rings. The fourth-order valence-corrected chi connectivity index (χ4v) is 3.63. The molecule has 0 saturated carbocycles. The van der Waals surface area contributed by atoms with Crippen LogP contribution in [0.4, 0.5) is 0 Å². The second kappa shape index (κ2) is 8.54. The van der Waals surface area contributed by atoms with Crippen LogP contribution in [0.1, 0.15) is 37.7 Å². The minimum Gasteiger partial charge on any atom is -0.426 e. The molecule has 9 nitrogen and oxygen atoms in total. The average molecular weight is 441 g/mol. The predicted octanol–water partition coefficient (Wildman–Crippen LogP) is 2.05. The lowest BCUT2D eigenvalue weighted by atomic mass is 10.1. The minimum atomic E-state index is -0.427. The molecule has 33 heavy (non-hydrogen) atoms. The SMILES string of the molecule is O=C1Cc2cc(CNC(=O)c3cc(C(=O)NCc4ccccc4)n4nccc4n3)ccc2O1. The lowest BCUT2D eigenvalue weighted by molar-refractivity contribution is -0.131. The van der Waals surface area contributed by atoms with Gasteiger partial charge in [-0.2, -0.15) is 5.10 Å². The monoisotopic (exact) mass is 441 g/mol. The molecule has 0 spiro atoms. The zero-order valence-corrected chi connectivity index (χ0v) is 17.4. The number of aromatic nitrogens is 3. The van der Waals surface area contributed by atoms with Gasteiger partial charge < -0.3 is 15.4 Å². The standard InChI is InChI=1S/C24H19N5O4/c30-22-11-17-10-16(6-7-20(17)33-22)14-25-23(31)18-12-19(29-21(28-18)8-9-27-29)24(32)26-13-15-4-2-1-3-5-15/h1-10,12H,11,13-14H2,(H,25,31)(H,26,32). The van der Waals surface area contributed by atoms with Crippen molar-refractivity contribution in [2.45, 2.75) is 19.5 Å². The highest BCUT2D eigenvalue weighted by molar-refractivity contribution is 5.98. The van der Waals surface area contributed by atoms with Crippen molar-refractivity contribution in [3.63, 3.8) is 0 Å². The van der Waals surface area contributed by atoms with Gasteiger partial charge in [-0.05, 0) is 23.3 Å². The van der Waals surface area contributed by atoms with Crippen molar-refractivity contribution < 1.29 is 19.1 Å². The average Bonchev–Trinajstić information content (AvgIpc) is 3.46. The van der Waals surface area contributed by atoms with E-state index in [0.717, 1.165) is 16.7 Å². The number of nitrogens with one attached hydrogen (secondary N) is 2. The van der Waals surface area contributed by atoms with Crippen molar-refractivity contribution >= 4 is 23.4 Å². The highest BCUT2D eigenvalue weighted by atomic mass is 16.5. The predicted molar refractivity (Wildman–Crippen MR) is 118 cm³/mol. The lowest BCUT2D eigenvalue weighted by Gasteiger charge is -2.10. The molecule has 2 amide bonds. The topological polar surface area (TPSA) is 115 Å². The van der Waals surface area contributed by atoms with E-state index >= 15 is 0 Å². The van der Waals surface area contributed by atoms with E-state index in [1.165, 1.54) is 16.8 Å². The summed E-state index contributed by atoms with van der Waals surface area (Å²) in [4.78, 5) is 41.4. The Bertz CT molecular complexity index is 1380. The zero-order valence-electron chi connectivity index (χ0n) is 17.4. The molecule has 2 N–H and O–H groups in total. The summed E-state index contributed by atoms with van der Waals surface area (Å²) in [5, 5.41) is 9.81. The number of amides is 2. The Morgan fingerprint density at radius 3 is 2.58 bits per heavy atom. The Balaban J connectivity index is 1.32. The number of carbonyl (C=O) groups excluding carboxylic acids is 3. The maximum absolute atomic E-state index is 12.8. The fourth-order valence-electron chi connectivity index (χ4n) is 3.63. The van der Waals surface area contributed by atoms with Crippen LogP contribution in [0.25, 0.3) is 5.65 Å². The molecule has 0 fully saturated rings. The van der Waals surface area contributed by atoms with Crippen LogP contribution in [0.15, 0.2) is 66.9 Å². The van der Waals surface area contributed by atoms with E-state index < -0.39 is 5.91 Å². The van der Waals surface area contributed by atoms with Gasteiger partial charge in [-0.1, -0.05) is 36.4 Å². The molecular formula is C24H19N5O4. The quantitative estimate of drug-likeness (QED) is 0.350. The van der Waals surface area contributed by atoms with Crippen LogP contribution < -0.4 is 15.4 Å². The molecular weight excluding hydrogens is 422 g/mol. The summed E-state index contributed by atoms with van der Waals surface area (Å²) in [5.74, 6) is -0.535. The number of benzene rings is 2. The number of fused-ring (bicyclic) bond motifs is 2. The van der Waals surface area contributed by atoms with Gasteiger partial charge in [-0.25, -0.2) is 9.50 Å². The minimum absolute atomic E-state index is 0.104. The van der Waals surface area contributed by atoms with Gasteiger partial charge in [0, 0.05) is 30.8 Å². The molecule has 164 valence electrons. The van der Waals surface area contributed by atoms with Gasteiger partial charge in [0.2, 0.25) is 0 Å². The van der Waals surface area contributed by atoms with Crippen LogP contribution in [0.5, 0.6) is 5.75 Å². The van der Waals surface area contributed by atoms with Crippen molar-refractivity contribution in [3.05, 3.63) is 94.9 Å². The Morgan fingerprint density at radius 2 is 1.73 bits per heavy atom. The second-order valence-corrected chi connectivity index (χ2v) is 7.57. The van der Waals surface area contributed by atoms with Gasteiger partial charge in [0.25, 0.3) is 11.8 Å². The van der Waals surface area contributed by atoms with E-state index in [4.69, 9.17) is 4.74 Å². The smallest absolute Gasteiger partial charge is 0.315 e. The normalized spacial score (nSPS) is 12.3. The van der Waals surface area contributed by atoms with E-state index in [-0.39, 0.29) is 36.2 Å². The van der Waals surface area contributed by atoms with Crippen molar-refractivity contribution in [2.75, 3.05) is 0 Å². The number of carbonyl (C=O) groups is 3. The van der Waals surface area contributed by atoms with Crippen molar-refractivity contribution in [3.8, 4) is 5.75 Å². The molecule has 3 heterocycles. The second-order valence-electron chi connectivity index (χ2n) is 7.57. The maximum Gasteiger partial charge on any atom is 0.315 e. The Hall–Kier alpha value is -4.53. The number of hydrogen-bond acceptors (Lipinski definition) is 6. The van der Waals surface area contributed by atoms with Gasteiger partial charge in [0.15, 0.2) is 5.65 Å². The molecule has 1 aliphatic heterocycles. The maximum atomic E-state index is 12.8. The number of rotatable bonds is 6. The number of esters is 1. The van der Waals surface area contributed by atoms with E-state index in [1.54, 1.807) is 18.2 Å². The Labute approximate surface area is 188 Å². The van der Waals surface area contributed by atoms with Gasteiger partial charge in [-0.15, -0.1) is 0 Å². The summed E-state index contributed by atoms with van der Waals surface area (Å²) >= 11 is 0. The number of hydrogen-bond donors (Lipinski definition) is 2. The molecule has 0 saturated heterocycles. The first-order valence-corrected chi connectivity index (χ1v) is 10.3. The summed E-state index contributed by atoms with van der Waals surface area (Å²) in [6.45, 7) is 0.582. The molecule has 0 unspecified atom stereocenters. The first-order chi connectivity index (χ1) is 16.1. The van der Waals surface area contributed by atoms with E-state index in [2.05, 4.69) is 20.7 Å². The van der Waals surface area contributed by atoms with Gasteiger partial charge >= 0.3 is 5.97 Å². The summed E-state index contributed by atoms with van der Waals surface area (Å²) in [7, 11) is 0. The largest absolute Gasteiger partial charge is 0.426 e. The summed E-state index contributed by atoms with van der Waals surface area (Å²) < 4.78 is 6.49. The summed E-state index contributed by atoms with van der Waals surface area (Å²) in [5.41, 5.74) is 3.28. The third kappa shape index (κ3) is 4.29. The number of ether oxygens (including phenoxy) is 1. The van der Waals surface area contributed by atoms with E-state index in [1.807, 2.05) is 36.4 Å². The zero-order chi connectivity index (χ0) is 22.8. The number of nitrogens with zero attached hydrogens (tertiary/aromatic N) is 3. The molecule has 5 rings (SSSR count). The third-order valence-corrected chi connectivity index (χ3v) is 5.26. The molecule has 1 aliphatic rings. The Morgan fingerprint density at radius 1 is 0.939 bits per heavy atom. The summed E-state index contributed by atoms with van der Waals surface area (Å²) in [6, 6.07) is 17.9. The molecule has 9 heteroatoms. The lowest BCUT2D eigenvalue weighted by Crippen LogP contribution is -2.28. The van der Waals surface area contributed by atoms with Crippen LogP contribution in [0.2, 0.25) is 0 Å². The molecule has 0 bridgehead atoms. The van der Waals surface area contributed by atoms with Crippen molar-refractivity contribution in [1.29, 1.82) is 0 Å². The van der Waals surface area contributed by atoms with Crippen LogP contribution >= 0.6 is 0 Å². The third-order valence-electron chi connectivity index (χ3n) is 5.26. The van der Waals surface area contributed by atoms with Crippen molar-refractivity contribution in [1.82, 2.24) is 25.2 Å². The first kappa shape index (κ1) is 20.4. The molecule has 2 aromatic heterocycles. The van der Waals surface area contributed by atoms with E-state index in [9.17, 15) is 14.4 Å². The van der Waals surface area contributed by atoms with Gasteiger partial charge in [-0.3, -0.25) is 14.4 Å². The van der Waals surface area contributed by atoms with Gasteiger partial charge in [0.1, 0.15) is 17.1 Å². The van der Waals surface area contributed by atoms with Crippen molar-refractivity contribution in [2.24, 2.45) is 0 Å². The highest BCUT2D eigenvalue weighted by Crippen LogP contribution is 2.26.